The van der Waals surface area contributed by atoms with E-state index >= 15 is 0 Å². The number of hydrogen-bond donors (Lipinski definition) is 0. The van der Waals surface area contributed by atoms with Crippen LogP contribution in [0.2, 0.25) is 0 Å². The van der Waals surface area contributed by atoms with Crippen molar-refractivity contribution < 1.29 is 48.0 Å². The first-order valence-electron chi connectivity index (χ1n) is 16.0. The second-order valence-electron chi connectivity index (χ2n) is 11.9. The molecule has 49 heavy (non-hydrogen) atoms. The second-order valence-corrected chi connectivity index (χ2v) is 18.5. The first-order valence-corrected chi connectivity index (χ1v) is 19.6. The van der Waals surface area contributed by atoms with Gasteiger partial charge in [0.1, 0.15) is 31.8 Å². The lowest BCUT2D eigenvalue weighted by Gasteiger charge is -2.33. The Morgan fingerprint density at radius 3 is 0.633 bits per heavy atom. The molecule has 0 N–H and O–H groups in total. The van der Waals surface area contributed by atoms with E-state index < -0.39 is 14.5 Å². The Labute approximate surface area is 328 Å². The van der Waals surface area contributed by atoms with E-state index in [4.69, 9.17) is 0 Å². The molecule has 6 heteroatoms. The molecule has 0 atom stereocenters. The first-order chi connectivity index (χ1) is 23.0. The van der Waals surface area contributed by atoms with Gasteiger partial charge in [0.05, 0.1) is 0 Å². The third kappa shape index (κ3) is 7.46. The Morgan fingerprint density at radius 2 is 0.490 bits per heavy atom. The minimum atomic E-state index is -2.46. The van der Waals surface area contributed by atoms with Gasteiger partial charge in [0.15, 0.2) is 14.5 Å². The van der Waals surface area contributed by atoms with E-state index in [9.17, 15) is 0 Å². The van der Waals surface area contributed by atoms with Crippen LogP contribution < -0.4 is 79.8 Å². The largest absolute Gasteiger partial charge is 1.00 e. The van der Waals surface area contributed by atoms with Crippen molar-refractivity contribution in [3.63, 3.8) is 0 Å². The number of benzene rings is 6. The predicted molar refractivity (Wildman–Crippen MR) is 208 cm³/mol. The summed E-state index contributed by atoms with van der Waals surface area (Å²) in [7, 11) is 3.84. The summed E-state index contributed by atoms with van der Waals surface area (Å²) in [6.07, 6.45) is 0. The zero-order valence-electron chi connectivity index (χ0n) is 28.4. The molecule has 0 aliphatic heterocycles. The normalized spacial score (nSPS) is 10.9. The molecule has 0 heterocycles. The van der Waals surface area contributed by atoms with Gasteiger partial charge in [-0.2, -0.15) is 0 Å². The van der Waals surface area contributed by atoms with E-state index in [-0.39, 0.29) is 48.0 Å². The highest BCUT2D eigenvalue weighted by molar-refractivity contribution is 7.99. The van der Waals surface area contributed by atoms with Crippen LogP contribution in [0.25, 0.3) is 0 Å². The third-order valence-electron chi connectivity index (χ3n) is 8.57. The van der Waals surface area contributed by atoms with Crippen molar-refractivity contribution in [1.29, 1.82) is 0 Å². The van der Waals surface area contributed by atoms with Gasteiger partial charge in [-0.15, -0.1) is 0 Å². The van der Waals surface area contributed by atoms with Gasteiger partial charge in [-0.1, -0.05) is 109 Å². The molecule has 0 bridgehead atoms. The van der Waals surface area contributed by atoms with Crippen molar-refractivity contribution in [2.24, 2.45) is 0 Å². The molecule has 0 aliphatic carbocycles. The molecule has 6 rings (SSSR count). The van der Waals surface area contributed by atoms with Gasteiger partial charge < -0.3 is 57.8 Å². The van der Waals surface area contributed by atoms with E-state index in [0.717, 1.165) is 0 Å². The van der Waals surface area contributed by atoms with Crippen LogP contribution >= 0.6 is 14.5 Å². The summed E-state index contributed by atoms with van der Waals surface area (Å²) < 4.78 is 0. The lowest BCUT2D eigenvalue weighted by molar-refractivity contribution is -0.001000. The maximum absolute atomic E-state index is 4.31. The lowest BCUT2D eigenvalue weighted by atomic mass is 10.4. The maximum atomic E-state index is 4.31. The SMILES string of the molecule is CN(C)C(=C=C(N(C)C)[P+](c1ccccc1)(c1ccccc1)c1ccccc1)[P+](c1ccccc1)(c1ccccc1)c1ccccc1.[I-].[I-]. The van der Waals surface area contributed by atoms with Crippen LogP contribution in [0.3, 0.4) is 0 Å². The van der Waals surface area contributed by atoms with Gasteiger partial charge in [-0.05, 0) is 72.8 Å². The van der Waals surface area contributed by atoms with Crippen LogP contribution in [0.5, 0.6) is 0 Å². The van der Waals surface area contributed by atoms with E-state index in [1.54, 1.807) is 0 Å². The summed E-state index contributed by atoms with van der Waals surface area (Å²) in [6.45, 7) is 0. The van der Waals surface area contributed by atoms with Crippen molar-refractivity contribution >= 4 is 46.4 Å². The molecule has 0 amide bonds. The van der Waals surface area contributed by atoms with E-state index in [2.05, 4.69) is 226 Å². The molecule has 6 aromatic rings. The van der Waals surface area contributed by atoms with Gasteiger partial charge >= 0.3 is 0 Å². The molecule has 0 spiro atoms. The number of nitrogens with zero attached hydrogens (tertiary/aromatic N) is 2. The Kier molecular flexibility index (Phi) is 13.9. The molecule has 0 radical (unpaired) electrons. The standard InChI is InChI=1S/C43H42N2P2.2HI/c1-44(2)42(46(36-23-11-5-12-24-36,37-25-13-6-14-26-37)38-27-15-7-16-28-38)35-43(45(3)4)47(39-29-17-8-18-30-39,40-31-19-9-20-32-40)41-33-21-10-22-34-41;;/h5-34H,1-4H3;2*1H/q+2;;/p-2. The van der Waals surface area contributed by atoms with Crippen LogP contribution in [0, 0.1) is 0 Å². The van der Waals surface area contributed by atoms with Crippen LogP contribution in [0.4, 0.5) is 0 Å². The van der Waals surface area contributed by atoms with Gasteiger partial charge in [0.2, 0.25) is 10.9 Å². The molecule has 0 aromatic heterocycles. The van der Waals surface area contributed by atoms with E-state index in [1.807, 2.05) is 0 Å². The van der Waals surface area contributed by atoms with Crippen molar-refractivity contribution in [2.75, 3.05) is 28.2 Å². The molecule has 248 valence electrons. The smallest absolute Gasteiger partial charge is 0.223 e. The molecule has 0 saturated carbocycles. The van der Waals surface area contributed by atoms with Crippen LogP contribution in [-0.2, 0) is 0 Å². The van der Waals surface area contributed by atoms with Crippen molar-refractivity contribution in [3.8, 4) is 0 Å². The molecule has 0 aliphatic rings. The fourth-order valence-corrected chi connectivity index (χ4v) is 15.4. The van der Waals surface area contributed by atoms with Gasteiger partial charge in [-0.25, -0.2) is 0 Å². The highest BCUT2D eigenvalue weighted by Crippen LogP contribution is 2.66. The fourth-order valence-electron chi connectivity index (χ4n) is 6.63. The molecule has 0 fully saturated rings. The Morgan fingerprint density at radius 1 is 0.327 bits per heavy atom. The Bertz CT molecular complexity index is 1610. The minimum Gasteiger partial charge on any atom is -1.00 e. The van der Waals surface area contributed by atoms with Crippen LogP contribution in [-0.4, -0.2) is 38.0 Å². The highest BCUT2D eigenvalue weighted by Gasteiger charge is 2.55. The Hall–Kier alpha value is -3.24. The van der Waals surface area contributed by atoms with Crippen molar-refractivity contribution in [3.05, 3.63) is 199 Å². The molecular formula is C43H42I2N2P2. The zero-order chi connectivity index (χ0) is 32.7. The molecule has 6 aromatic carbocycles. The van der Waals surface area contributed by atoms with Crippen molar-refractivity contribution in [1.82, 2.24) is 9.80 Å². The van der Waals surface area contributed by atoms with Gasteiger partial charge in [-0.3, -0.25) is 0 Å². The van der Waals surface area contributed by atoms with Crippen molar-refractivity contribution in [2.45, 2.75) is 0 Å². The summed E-state index contributed by atoms with van der Waals surface area (Å²) in [4.78, 5) is 4.64. The predicted octanol–water partition coefficient (Wildman–Crippen LogP) is 1.39. The minimum absolute atomic E-state index is 0. The highest BCUT2D eigenvalue weighted by atomic mass is 127. The van der Waals surface area contributed by atoms with Gasteiger partial charge in [0, 0.05) is 33.9 Å². The zero-order valence-corrected chi connectivity index (χ0v) is 34.5. The topological polar surface area (TPSA) is 6.48 Å². The summed E-state index contributed by atoms with van der Waals surface area (Å²) in [5.74, 6) is 0. The first kappa shape index (κ1) is 38.6. The summed E-state index contributed by atoms with van der Waals surface area (Å²) >= 11 is 0. The average molecular weight is 903 g/mol. The summed E-state index contributed by atoms with van der Waals surface area (Å²) in [6, 6.07) is 66.5. The Balaban J connectivity index is 0.00000270. The molecule has 0 saturated heterocycles. The number of halogens is 2. The lowest BCUT2D eigenvalue weighted by Crippen LogP contribution is -3.00. The average Bonchev–Trinajstić information content (AvgIpc) is 3.13. The molecular weight excluding hydrogens is 860 g/mol. The summed E-state index contributed by atoms with van der Waals surface area (Å²) in [5.41, 5.74) is 6.67. The monoisotopic (exact) mass is 902 g/mol. The quantitative estimate of drug-likeness (QED) is 0.117. The van der Waals surface area contributed by atoms with E-state index in [1.165, 1.54) is 42.7 Å². The molecule has 0 unspecified atom stereocenters. The summed E-state index contributed by atoms with van der Waals surface area (Å²) in [5, 5.41) is 7.80. The maximum Gasteiger partial charge on any atom is 0.223 e. The fraction of sp³-hybridized carbons (Fsp3) is 0.0930. The second kappa shape index (κ2) is 17.6. The molecule has 2 nitrogen and oxygen atoms in total. The van der Waals surface area contributed by atoms with Gasteiger partial charge in [0.25, 0.3) is 0 Å². The van der Waals surface area contributed by atoms with Crippen LogP contribution in [0.1, 0.15) is 0 Å². The number of rotatable bonds is 10. The third-order valence-corrected chi connectivity index (χ3v) is 17.3. The van der Waals surface area contributed by atoms with Crippen LogP contribution in [0.15, 0.2) is 199 Å². The number of hydrogen-bond acceptors (Lipinski definition) is 2. The van der Waals surface area contributed by atoms with E-state index in [0.29, 0.717) is 0 Å².